The molecule has 0 radical (unpaired) electrons. The zero-order valence-corrected chi connectivity index (χ0v) is 13.7. The first kappa shape index (κ1) is 18.0. The highest BCUT2D eigenvalue weighted by Gasteiger charge is 2.49. The lowest BCUT2D eigenvalue weighted by atomic mass is 9.64. The number of hydrogen-bond acceptors (Lipinski definition) is 3. The number of amides is 1. The second-order valence-electron chi connectivity index (χ2n) is 6.12. The van der Waals surface area contributed by atoms with Crippen molar-refractivity contribution in [3.8, 4) is 0 Å². The molecule has 2 rings (SSSR count). The van der Waals surface area contributed by atoms with E-state index in [1.807, 2.05) is 30.3 Å². The quantitative estimate of drug-likeness (QED) is 0.877. The van der Waals surface area contributed by atoms with Gasteiger partial charge in [0.2, 0.25) is 5.91 Å². The van der Waals surface area contributed by atoms with Crippen molar-refractivity contribution in [2.24, 2.45) is 11.1 Å². The number of nitrogens with two attached hydrogens (primary N) is 1. The van der Waals surface area contributed by atoms with Crippen LogP contribution in [-0.4, -0.2) is 25.2 Å². The van der Waals surface area contributed by atoms with Crippen LogP contribution in [0.2, 0.25) is 0 Å². The number of rotatable bonds is 5. The molecule has 0 heterocycles. The Hall–Kier alpha value is -1.10. The Kier molecular flexibility index (Phi) is 6.20. The lowest BCUT2D eigenvalue weighted by Gasteiger charge is -2.51. The van der Waals surface area contributed by atoms with E-state index in [-0.39, 0.29) is 41.9 Å². The molecule has 3 unspecified atom stereocenters. The Labute approximate surface area is 132 Å². The standard InChI is InChI=1S/C16H24N2O2.ClH/c1-16(2)13(10-14(16)20-3)18-15(19)9-12(17)11-7-5-4-6-8-11;/h4-8,12-14H,9-10,17H2,1-3H3,(H,18,19);1H. The highest BCUT2D eigenvalue weighted by Crippen LogP contribution is 2.42. The van der Waals surface area contributed by atoms with Crippen LogP contribution in [0.1, 0.15) is 38.3 Å². The van der Waals surface area contributed by atoms with Gasteiger partial charge in [-0.1, -0.05) is 44.2 Å². The number of carbonyl (C=O) groups excluding carboxylic acids is 1. The van der Waals surface area contributed by atoms with Gasteiger partial charge in [-0.25, -0.2) is 0 Å². The third-order valence-electron chi connectivity index (χ3n) is 4.43. The molecule has 1 fully saturated rings. The summed E-state index contributed by atoms with van der Waals surface area (Å²) >= 11 is 0. The van der Waals surface area contributed by atoms with Crippen molar-refractivity contribution in [1.82, 2.24) is 5.32 Å². The molecule has 5 heteroatoms. The summed E-state index contributed by atoms with van der Waals surface area (Å²) in [6.45, 7) is 4.24. The largest absolute Gasteiger partial charge is 0.381 e. The van der Waals surface area contributed by atoms with Crippen LogP contribution in [0.4, 0.5) is 0 Å². The van der Waals surface area contributed by atoms with E-state index < -0.39 is 0 Å². The van der Waals surface area contributed by atoms with Gasteiger partial charge in [0, 0.05) is 31.0 Å². The molecule has 3 N–H and O–H groups in total. The second-order valence-corrected chi connectivity index (χ2v) is 6.12. The molecule has 0 saturated heterocycles. The van der Waals surface area contributed by atoms with Gasteiger partial charge >= 0.3 is 0 Å². The van der Waals surface area contributed by atoms with Crippen LogP contribution in [-0.2, 0) is 9.53 Å². The van der Waals surface area contributed by atoms with Gasteiger partial charge in [-0.3, -0.25) is 4.79 Å². The fourth-order valence-corrected chi connectivity index (χ4v) is 2.80. The maximum Gasteiger partial charge on any atom is 0.222 e. The monoisotopic (exact) mass is 312 g/mol. The highest BCUT2D eigenvalue weighted by molar-refractivity contribution is 5.85. The normalized spacial score (nSPS) is 24.4. The van der Waals surface area contributed by atoms with Gasteiger partial charge < -0.3 is 15.8 Å². The van der Waals surface area contributed by atoms with Crippen LogP contribution in [0, 0.1) is 5.41 Å². The molecule has 1 saturated carbocycles. The molecule has 1 aliphatic rings. The van der Waals surface area contributed by atoms with E-state index in [9.17, 15) is 4.79 Å². The maximum atomic E-state index is 12.1. The molecule has 4 nitrogen and oxygen atoms in total. The lowest BCUT2D eigenvalue weighted by Crippen LogP contribution is -2.61. The van der Waals surface area contributed by atoms with E-state index in [4.69, 9.17) is 10.5 Å². The Balaban J connectivity index is 0.00000220. The first-order chi connectivity index (χ1) is 9.45. The van der Waals surface area contributed by atoms with Gasteiger partial charge in [-0.15, -0.1) is 12.4 Å². The van der Waals surface area contributed by atoms with Crippen LogP contribution >= 0.6 is 12.4 Å². The Morgan fingerprint density at radius 3 is 2.57 bits per heavy atom. The number of benzene rings is 1. The molecule has 1 aromatic carbocycles. The number of carbonyl (C=O) groups is 1. The molecule has 3 atom stereocenters. The van der Waals surface area contributed by atoms with Crippen LogP contribution in [0.3, 0.4) is 0 Å². The zero-order valence-electron chi connectivity index (χ0n) is 12.8. The van der Waals surface area contributed by atoms with E-state index in [0.717, 1.165) is 12.0 Å². The predicted octanol–water partition coefficient (Wildman–Crippen LogP) is 2.43. The Morgan fingerprint density at radius 1 is 1.43 bits per heavy atom. The third-order valence-corrected chi connectivity index (χ3v) is 4.43. The molecule has 0 aromatic heterocycles. The fourth-order valence-electron chi connectivity index (χ4n) is 2.80. The van der Waals surface area contributed by atoms with Crippen LogP contribution in [0.25, 0.3) is 0 Å². The zero-order chi connectivity index (χ0) is 14.8. The molecule has 1 aliphatic carbocycles. The van der Waals surface area contributed by atoms with Crippen molar-refractivity contribution >= 4 is 18.3 Å². The molecular formula is C16H25ClN2O2. The number of ether oxygens (including phenoxy) is 1. The fraction of sp³-hybridized carbons (Fsp3) is 0.562. The number of methoxy groups -OCH3 is 1. The summed E-state index contributed by atoms with van der Waals surface area (Å²) in [7, 11) is 1.72. The first-order valence-electron chi connectivity index (χ1n) is 7.08. The number of nitrogens with one attached hydrogen (secondary N) is 1. The molecule has 0 spiro atoms. The summed E-state index contributed by atoms with van der Waals surface area (Å²) in [5, 5.41) is 3.07. The Bertz CT molecular complexity index is 465. The summed E-state index contributed by atoms with van der Waals surface area (Å²) in [5.74, 6) is 0.00832. The van der Waals surface area contributed by atoms with Crippen molar-refractivity contribution in [2.45, 2.75) is 44.9 Å². The first-order valence-corrected chi connectivity index (χ1v) is 7.08. The summed E-state index contributed by atoms with van der Waals surface area (Å²) in [5.41, 5.74) is 7.05. The average molecular weight is 313 g/mol. The molecule has 0 aliphatic heterocycles. The van der Waals surface area contributed by atoms with Crippen LogP contribution < -0.4 is 11.1 Å². The second kappa shape index (κ2) is 7.25. The molecule has 21 heavy (non-hydrogen) atoms. The minimum atomic E-state index is -0.252. The van der Waals surface area contributed by atoms with Crippen molar-refractivity contribution < 1.29 is 9.53 Å². The Morgan fingerprint density at radius 2 is 2.05 bits per heavy atom. The minimum Gasteiger partial charge on any atom is -0.381 e. The third kappa shape index (κ3) is 3.96. The summed E-state index contributed by atoms with van der Waals surface area (Å²) in [6, 6.07) is 9.63. The predicted molar refractivity (Wildman–Crippen MR) is 86.4 cm³/mol. The molecule has 1 amide bonds. The number of hydrogen-bond donors (Lipinski definition) is 2. The number of halogens is 1. The van der Waals surface area contributed by atoms with Gasteiger partial charge in [0.15, 0.2) is 0 Å². The van der Waals surface area contributed by atoms with E-state index >= 15 is 0 Å². The average Bonchev–Trinajstić information content (AvgIpc) is 2.43. The van der Waals surface area contributed by atoms with Crippen LogP contribution in [0.5, 0.6) is 0 Å². The smallest absolute Gasteiger partial charge is 0.222 e. The van der Waals surface area contributed by atoms with E-state index in [0.29, 0.717) is 6.42 Å². The summed E-state index contributed by atoms with van der Waals surface area (Å²) in [4.78, 5) is 12.1. The van der Waals surface area contributed by atoms with Gasteiger partial charge in [-0.2, -0.15) is 0 Å². The van der Waals surface area contributed by atoms with E-state index in [1.54, 1.807) is 7.11 Å². The van der Waals surface area contributed by atoms with Crippen molar-refractivity contribution in [2.75, 3.05) is 7.11 Å². The molecule has 1 aromatic rings. The topological polar surface area (TPSA) is 64.3 Å². The van der Waals surface area contributed by atoms with Crippen molar-refractivity contribution in [3.63, 3.8) is 0 Å². The minimum absolute atomic E-state index is 0. The molecule has 118 valence electrons. The van der Waals surface area contributed by atoms with Crippen molar-refractivity contribution in [3.05, 3.63) is 35.9 Å². The lowest BCUT2D eigenvalue weighted by molar-refractivity contribution is -0.133. The van der Waals surface area contributed by atoms with E-state index in [1.165, 1.54) is 0 Å². The molecular weight excluding hydrogens is 288 g/mol. The van der Waals surface area contributed by atoms with Crippen molar-refractivity contribution in [1.29, 1.82) is 0 Å². The maximum absolute atomic E-state index is 12.1. The molecule has 0 bridgehead atoms. The van der Waals surface area contributed by atoms with Gasteiger partial charge in [-0.05, 0) is 12.0 Å². The summed E-state index contributed by atoms with van der Waals surface area (Å²) < 4.78 is 5.39. The summed E-state index contributed by atoms with van der Waals surface area (Å²) in [6.07, 6.45) is 1.40. The van der Waals surface area contributed by atoms with Gasteiger partial charge in [0.05, 0.1) is 6.10 Å². The van der Waals surface area contributed by atoms with E-state index in [2.05, 4.69) is 19.2 Å². The SMILES string of the molecule is COC1CC(NC(=O)CC(N)c2ccccc2)C1(C)C.Cl. The van der Waals surface area contributed by atoms with Gasteiger partial charge in [0.1, 0.15) is 0 Å². The highest BCUT2D eigenvalue weighted by atomic mass is 35.5. The van der Waals surface area contributed by atoms with Crippen LogP contribution in [0.15, 0.2) is 30.3 Å². The van der Waals surface area contributed by atoms with Gasteiger partial charge in [0.25, 0.3) is 0 Å².